The van der Waals surface area contributed by atoms with Gasteiger partial charge in [-0.1, -0.05) is 48.5 Å². The van der Waals surface area contributed by atoms with Crippen LogP contribution in [0.15, 0.2) is 0 Å². The Morgan fingerprint density at radius 1 is 1.23 bits per heavy atom. The lowest BCUT2D eigenvalue weighted by Crippen LogP contribution is -2.43. The predicted molar refractivity (Wildman–Crippen MR) is 91.5 cm³/mol. The van der Waals surface area contributed by atoms with Gasteiger partial charge in [-0.3, -0.25) is 4.79 Å². The van der Waals surface area contributed by atoms with Gasteiger partial charge >= 0.3 is 5.97 Å². The number of hydrogen-bond acceptors (Lipinski definition) is 2. The van der Waals surface area contributed by atoms with E-state index in [1.54, 1.807) is 0 Å². The second kappa shape index (κ2) is 5.53. The molecule has 0 aromatic heterocycles. The first kappa shape index (κ1) is 17.8. The Labute approximate surface area is 137 Å². The number of carbonyl (C=O) groups excluding carboxylic acids is 1. The number of ether oxygens (including phenoxy) is 1. The van der Waals surface area contributed by atoms with Crippen LogP contribution in [-0.2, 0) is 9.53 Å². The first-order valence-corrected chi connectivity index (χ1v) is 9.16. The van der Waals surface area contributed by atoms with Crippen LogP contribution in [0.4, 0.5) is 0 Å². The molecule has 2 heteroatoms. The SMILES string of the molecule is CC(C)CC(C)(C(=O)OC1CC2CCC1(C)C2(C)C)C(C)C. The first-order chi connectivity index (χ1) is 9.95. The molecule has 4 atom stereocenters. The topological polar surface area (TPSA) is 26.3 Å². The summed E-state index contributed by atoms with van der Waals surface area (Å²) in [5, 5.41) is 0. The normalized spacial score (nSPS) is 35.9. The van der Waals surface area contributed by atoms with Crippen molar-refractivity contribution in [3.63, 3.8) is 0 Å². The molecule has 0 aromatic carbocycles. The summed E-state index contributed by atoms with van der Waals surface area (Å²) in [5.41, 5.74) is 0.0871. The van der Waals surface area contributed by atoms with Gasteiger partial charge in [0.1, 0.15) is 6.10 Å². The first-order valence-electron chi connectivity index (χ1n) is 9.16. The second-order valence-electron chi connectivity index (χ2n) is 9.67. The van der Waals surface area contributed by atoms with E-state index in [0.717, 1.165) is 12.8 Å². The molecular formula is C20H36O2. The summed E-state index contributed by atoms with van der Waals surface area (Å²) in [5.74, 6) is 1.56. The monoisotopic (exact) mass is 308 g/mol. The van der Waals surface area contributed by atoms with Crippen molar-refractivity contribution in [1.82, 2.24) is 0 Å². The molecule has 22 heavy (non-hydrogen) atoms. The van der Waals surface area contributed by atoms with Crippen LogP contribution in [-0.4, -0.2) is 12.1 Å². The zero-order valence-electron chi connectivity index (χ0n) is 16.0. The van der Waals surface area contributed by atoms with E-state index in [1.807, 2.05) is 0 Å². The molecule has 2 saturated carbocycles. The average Bonchev–Trinajstić information content (AvgIpc) is 2.70. The third-order valence-electron chi connectivity index (χ3n) is 7.54. The van der Waals surface area contributed by atoms with Gasteiger partial charge < -0.3 is 4.74 Å². The smallest absolute Gasteiger partial charge is 0.312 e. The molecule has 2 bridgehead atoms. The number of esters is 1. The summed E-state index contributed by atoms with van der Waals surface area (Å²) >= 11 is 0. The van der Waals surface area contributed by atoms with E-state index in [-0.39, 0.29) is 22.9 Å². The molecule has 2 aliphatic carbocycles. The fourth-order valence-corrected chi connectivity index (χ4v) is 4.98. The van der Waals surface area contributed by atoms with Crippen molar-refractivity contribution in [2.75, 3.05) is 0 Å². The van der Waals surface area contributed by atoms with Crippen molar-refractivity contribution in [2.24, 2.45) is 34.0 Å². The minimum atomic E-state index is -0.365. The Morgan fingerprint density at radius 2 is 1.82 bits per heavy atom. The highest BCUT2D eigenvalue weighted by Crippen LogP contribution is 2.66. The van der Waals surface area contributed by atoms with E-state index in [2.05, 4.69) is 55.4 Å². The van der Waals surface area contributed by atoms with Gasteiger partial charge in [-0.2, -0.15) is 0 Å². The molecule has 0 radical (unpaired) electrons. The average molecular weight is 309 g/mol. The van der Waals surface area contributed by atoms with E-state index < -0.39 is 0 Å². The van der Waals surface area contributed by atoms with Gasteiger partial charge in [-0.05, 0) is 55.8 Å². The van der Waals surface area contributed by atoms with Gasteiger partial charge in [0.2, 0.25) is 0 Å². The van der Waals surface area contributed by atoms with E-state index in [0.29, 0.717) is 23.2 Å². The molecule has 0 amide bonds. The molecular weight excluding hydrogens is 272 g/mol. The van der Waals surface area contributed by atoms with Crippen LogP contribution in [0.1, 0.15) is 81.1 Å². The van der Waals surface area contributed by atoms with Crippen LogP contribution in [0.3, 0.4) is 0 Å². The summed E-state index contributed by atoms with van der Waals surface area (Å²) in [7, 11) is 0. The standard InChI is InChI=1S/C20H36O2/c1-13(2)12-19(7,14(3)4)17(21)22-16-11-15-9-10-20(16,8)18(15,5)6/h13-16H,9-12H2,1-8H3. The summed E-state index contributed by atoms with van der Waals surface area (Å²) in [6.45, 7) is 17.9. The van der Waals surface area contributed by atoms with Crippen LogP contribution in [0, 0.1) is 34.0 Å². The van der Waals surface area contributed by atoms with Crippen molar-refractivity contribution in [3.05, 3.63) is 0 Å². The molecule has 2 fully saturated rings. The molecule has 128 valence electrons. The minimum Gasteiger partial charge on any atom is -0.461 e. The maximum atomic E-state index is 13.0. The van der Waals surface area contributed by atoms with Gasteiger partial charge in [0.05, 0.1) is 5.41 Å². The minimum absolute atomic E-state index is 0.0331. The van der Waals surface area contributed by atoms with Crippen molar-refractivity contribution < 1.29 is 9.53 Å². The molecule has 2 rings (SSSR count). The molecule has 2 aliphatic rings. The van der Waals surface area contributed by atoms with E-state index in [1.165, 1.54) is 12.8 Å². The maximum absolute atomic E-state index is 13.0. The van der Waals surface area contributed by atoms with Crippen molar-refractivity contribution >= 4 is 5.97 Å². The highest BCUT2D eigenvalue weighted by molar-refractivity contribution is 5.77. The van der Waals surface area contributed by atoms with Crippen LogP contribution in [0.2, 0.25) is 0 Å². The van der Waals surface area contributed by atoms with Crippen LogP contribution < -0.4 is 0 Å². The number of fused-ring (bicyclic) bond motifs is 2. The molecule has 0 heterocycles. The van der Waals surface area contributed by atoms with Crippen LogP contribution >= 0.6 is 0 Å². The number of carbonyl (C=O) groups is 1. The fourth-order valence-electron chi connectivity index (χ4n) is 4.98. The van der Waals surface area contributed by atoms with E-state index in [4.69, 9.17) is 4.74 Å². The maximum Gasteiger partial charge on any atom is 0.312 e. The summed E-state index contributed by atoms with van der Waals surface area (Å²) in [4.78, 5) is 13.0. The molecule has 4 unspecified atom stereocenters. The lowest BCUT2D eigenvalue weighted by molar-refractivity contribution is -0.172. The Hall–Kier alpha value is -0.530. The molecule has 0 aromatic rings. The summed E-state index contributed by atoms with van der Waals surface area (Å²) < 4.78 is 6.17. The predicted octanol–water partition coefficient (Wildman–Crippen LogP) is 5.45. The van der Waals surface area contributed by atoms with Crippen molar-refractivity contribution in [1.29, 1.82) is 0 Å². The highest BCUT2D eigenvalue weighted by Gasteiger charge is 2.63. The zero-order valence-corrected chi connectivity index (χ0v) is 16.0. The Kier molecular flexibility index (Phi) is 4.48. The molecule has 0 aliphatic heterocycles. The van der Waals surface area contributed by atoms with E-state index >= 15 is 0 Å². The van der Waals surface area contributed by atoms with Crippen molar-refractivity contribution in [3.8, 4) is 0 Å². The summed E-state index contributed by atoms with van der Waals surface area (Å²) in [6.07, 6.45) is 4.57. The number of rotatable bonds is 5. The van der Waals surface area contributed by atoms with Gasteiger partial charge in [-0.25, -0.2) is 0 Å². The third-order valence-corrected chi connectivity index (χ3v) is 7.54. The van der Waals surface area contributed by atoms with Gasteiger partial charge in [0.15, 0.2) is 0 Å². The highest BCUT2D eigenvalue weighted by atomic mass is 16.5. The molecule has 0 spiro atoms. The lowest BCUT2D eigenvalue weighted by Gasteiger charge is -2.41. The lowest BCUT2D eigenvalue weighted by atomic mass is 9.69. The quantitative estimate of drug-likeness (QED) is 0.631. The van der Waals surface area contributed by atoms with Crippen LogP contribution in [0.5, 0.6) is 0 Å². The Bertz CT molecular complexity index is 437. The fraction of sp³-hybridized carbons (Fsp3) is 0.950. The van der Waals surface area contributed by atoms with Crippen molar-refractivity contribution in [2.45, 2.75) is 87.2 Å². The molecule has 0 saturated heterocycles. The molecule has 0 N–H and O–H groups in total. The zero-order chi connectivity index (χ0) is 16.9. The van der Waals surface area contributed by atoms with E-state index in [9.17, 15) is 4.79 Å². The number of hydrogen-bond donors (Lipinski definition) is 0. The van der Waals surface area contributed by atoms with Gasteiger partial charge in [0, 0.05) is 5.41 Å². The second-order valence-corrected chi connectivity index (χ2v) is 9.67. The third kappa shape index (κ3) is 2.51. The Morgan fingerprint density at radius 3 is 2.18 bits per heavy atom. The van der Waals surface area contributed by atoms with Gasteiger partial charge in [0.25, 0.3) is 0 Å². The molecule has 2 nitrogen and oxygen atoms in total. The Balaban J connectivity index is 2.15. The van der Waals surface area contributed by atoms with Crippen LogP contribution in [0.25, 0.3) is 0 Å². The summed E-state index contributed by atoms with van der Waals surface area (Å²) in [6, 6.07) is 0. The largest absolute Gasteiger partial charge is 0.461 e. The van der Waals surface area contributed by atoms with Gasteiger partial charge in [-0.15, -0.1) is 0 Å².